The van der Waals surface area contributed by atoms with Crippen molar-refractivity contribution in [2.24, 2.45) is 4.99 Å². The highest BCUT2D eigenvalue weighted by Crippen LogP contribution is 2.31. The predicted octanol–water partition coefficient (Wildman–Crippen LogP) is 1.84. The zero-order chi connectivity index (χ0) is 19.5. The molecular formula is C21H18N3O3S-. The number of aliphatic imine (C=N–C) groups is 1. The fourth-order valence-electron chi connectivity index (χ4n) is 3.19. The fraction of sp³-hybridized carbons (Fsp3) is 0.190. The molecule has 2 heterocycles. The first-order valence-corrected chi connectivity index (χ1v) is 9.81. The van der Waals surface area contributed by atoms with Crippen LogP contribution >= 0.6 is 11.8 Å². The predicted molar refractivity (Wildman–Crippen MR) is 109 cm³/mol. The number of carbonyl (C=O) groups excluding carboxylic acids is 2. The Hall–Kier alpha value is -3.06. The number of para-hydroxylation sites is 1. The summed E-state index contributed by atoms with van der Waals surface area (Å²) in [5.74, 6) is -1.47. The van der Waals surface area contributed by atoms with Gasteiger partial charge in [0.25, 0.3) is 5.91 Å². The number of amidine groups is 1. The van der Waals surface area contributed by atoms with Crippen LogP contribution in [0.1, 0.15) is 15.9 Å². The second-order valence-electron chi connectivity index (χ2n) is 6.53. The van der Waals surface area contributed by atoms with Crippen molar-refractivity contribution in [2.75, 3.05) is 31.1 Å². The minimum Gasteiger partial charge on any atom is -0.545 e. The lowest BCUT2D eigenvalue weighted by atomic mass is 10.1. The second-order valence-corrected chi connectivity index (χ2v) is 7.54. The van der Waals surface area contributed by atoms with Gasteiger partial charge in [-0.05, 0) is 41.1 Å². The van der Waals surface area contributed by atoms with Crippen molar-refractivity contribution in [1.82, 2.24) is 4.90 Å². The number of rotatable bonds is 3. The Morgan fingerprint density at radius 1 is 0.964 bits per heavy atom. The molecule has 0 bridgehead atoms. The van der Waals surface area contributed by atoms with Gasteiger partial charge in [-0.2, -0.15) is 4.99 Å². The summed E-state index contributed by atoms with van der Waals surface area (Å²) < 4.78 is 0. The third kappa shape index (κ3) is 3.94. The zero-order valence-electron chi connectivity index (χ0n) is 15.1. The number of aromatic carboxylic acids is 1. The summed E-state index contributed by atoms with van der Waals surface area (Å²) in [4.78, 5) is 32.3. The number of hydrogen-bond donors (Lipinski definition) is 0. The summed E-state index contributed by atoms with van der Waals surface area (Å²) in [5.41, 5.74) is 2.08. The van der Waals surface area contributed by atoms with Crippen molar-refractivity contribution >= 4 is 40.6 Å². The van der Waals surface area contributed by atoms with E-state index in [0.29, 0.717) is 4.91 Å². The van der Waals surface area contributed by atoms with E-state index in [1.807, 2.05) is 18.2 Å². The van der Waals surface area contributed by atoms with Crippen molar-refractivity contribution in [1.29, 1.82) is 0 Å². The molecule has 142 valence electrons. The highest BCUT2D eigenvalue weighted by molar-refractivity contribution is 8.18. The summed E-state index contributed by atoms with van der Waals surface area (Å²) in [5, 5.41) is 11.6. The van der Waals surface area contributed by atoms with E-state index >= 15 is 0 Å². The number of carboxylic acids is 1. The van der Waals surface area contributed by atoms with Crippen molar-refractivity contribution in [3.8, 4) is 0 Å². The fourth-order valence-corrected chi connectivity index (χ4v) is 4.16. The normalized spacial score (nSPS) is 18.5. The van der Waals surface area contributed by atoms with Crippen LogP contribution in [0.15, 0.2) is 64.5 Å². The average molecular weight is 392 g/mol. The number of carboxylic acid groups (broad SMARTS) is 1. The molecule has 0 radical (unpaired) electrons. The molecule has 0 N–H and O–H groups in total. The minimum atomic E-state index is -1.22. The van der Waals surface area contributed by atoms with Gasteiger partial charge in [0, 0.05) is 31.9 Å². The van der Waals surface area contributed by atoms with E-state index in [-0.39, 0.29) is 11.5 Å². The van der Waals surface area contributed by atoms with Gasteiger partial charge in [-0.15, -0.1) is 0 Å². The average Bonchev–Trinajstić information content (AvgIpc) is 3.09. The molecule has 4 rings (SSSR count). The van der Waals surface area contributed by atoms with Gasteiger partial charge in [-0.1, -0.05) is 42.5 Å². The molecule has 6 nitrogen and oxygen atoms in total. The van der Waals surface area contributed by atoms with Gasteiger partial charge in [0.2, 0.25) is 0 Å². The topological polar surface area (TPSA) is 76.0 Å². The van der Waals surface area contributed by atoms with Gasteiger partial charge in [0.1, 0.15) is 0 Å². The van der Waals surface area contributed by atoms with E-state index in [4.69, 9.17) is 0 Å². The van der Waals surface area contributed by atoms with Crippen molar-refractivity contribution < 1.29 is 14.7 Å². The maximum atomic E-state index is 12.3. The smallest absolute Gasteiger partial charge is 0.286 e. The molecule has 0 aromatic heterocycles. The SMILES string of the molecule is O=C1N=C(N2CCN(c3ccccc3)CC2)S/C1=C\c1ccc(C(=O)[O-])cc1. The Bertz CT molecular complexity index is 947. The maximum Gasteiger partial charge on any atom is 0.286 e. The molecule has 0 aliphatic carbocycles. The van der Waals surface area contributed by atoms with Crippen LogP contribution in [0.2, 0.25) is 0 Å². The third-order valence-corrected chi connectivity index (χ3v) is 5.77. The largest absolute Gasteiger partial charge is 0.545 e. The summed E-state index contributed by atoms with van der Waals surface area (Å²) in [6.07, 6.45) is 1.74. The Balaban J connectivity index is 1.39. The zero-order valence-corrected chi connectivity index (χ0v) is 15.9. The van der Waals surface area contributed by atoms with Crippen LogP contribution in [-0.4, -0.2) is 48.1 Å². The van der Waals surface area contributed by atoms with Crippen LogP contribution in [0.25, 0.3) is 6.08 Å². The van der Waals surface area contributed by atoms with E-state index in [9.17, 15) is 14.7 Å². The minimum absolute atomic E-state index is 0.112. The first-order chi connectivity index (χ1) is 13.6. The summed E-state index contributed by atoms with van der Waals surface area (Å²) >= 11 is 1.37. The van der Waals surface area contributed by atoms with Gasteiger partial charge in [-0.25, -0.2) is 0 Å². The van der Waals surface area contributed by atoms with Gasteiger partial charge in [0.05, 0.1) is 10.9 Å². The molecule has 2 aromatic carbocycles. The molecule has 1 fully saturated rings. The molecule has 0 atom stereocenters. The number of piperazine rings is 1. The molecular weight excluding hydrogens is 374 g/mol. The molecule has 2 aromatic rings. The molecule has 28 heavy (non-hydrogen) atoms. The molecule has 1 saturated heterocycles. The number of amides is 1. The molecule has 2 aliphatic rings. The molecule has 2 aliphatic heterocycles. The Morgan fingerprint density at radius 2 is 1.61 bits per heavy atom. The van der Waals surface area contributed by atoms with Gasteiger partial charge in [0.15, 0.2) is 5.17 Å². The highest BCUT2D eigenvalue weighted by Gasteiger charge is 2.28. The lowest BCUT2D eigenvalue weighted by molar-refractivity contribution is -0.255. The Labute approximate surface area is 167 Å². The van der Waals surface area contributed by atoms with Crippen LogP contribution in [0, 0.1) is 0 Å². The van der Waals surface area contributed by atoms with Crippen molar-refractivity contribution in [2.45, 2.75) is 0 Å². The number of thioether (sulfide) groups is 1. The first kappa shape index (κ1) is 18.3. The molecule has 0 spiro atoms. The van der Waals surface area contributed by atoms with E-state index in [0.717, 1.165) is 36.9 Å². The molecule has 1 amide bonds. The standard InChI is InChI=1S/C21H19N3O3S/c25-19-18(14-15-6-8-16(9-7-15)20(26)27)28-21(22-19)24-12-10-23(11-13-24)17-4-2-1-3-5-17/h1-9,14H,10-13H2,(H,26,27)/p-1/b18-14-. The Morgan fingerprint density at radius 3 is 2.25 bits per heavy atom. The molecule has 0 saturated carbocycles. The van der Waals surface area contributed by atoms with E-state index in [1.54, 1.807) is 18.2 Å². The van der Waals surface area contributed by atoms with E-state index < -0.39 is 5.97 Å². The van der Waals surface area contributed by atoms with Crippen LogP contribution in [-0.2, 0) is 4.79 Å². The number of nitrogens with zero attached hydrogens (tertiary/aromatic N) is 3. The summed E-state index contributed by atoms with van der Waals surface area (Å²) in [7, 11) is 0. The maximum absolute atomic E-state index is 12.3. The van der Waals surface area contributed by atoms with Gasteiger partial charge in [-0.3, -0.25) is 4.79 Å². The van der Waals surface area contributed by atoms with Crippen molar-refractivity contribution in [3.63, 3.8) is 0 Å². The van der Waals surface area contributed by atoms with Crippen LogP contribution < -0.4 is 10.0 Å². The van der Waals surface area contributed by atoms with Crippen LogP contribution in [0.5, 0.6) is 0 Å². The number of anilines is 1. The lowest BCUT2D eigenvalue weighted by Gasteiger charge is -2.36. The van der Waals surface area contributed by atoms with Crippen LogP contribution in [0.4, 0.5) is 5.69 Å². The molecule has 7 heteroatoms. The van der Waals surface area contributed by atoms with Crippen LogP contribution in [0.3, 0.4) is 0 Å². The van der Waals surface area contributed by atoms with Gasteiger partial charge >= 0.3 is 0 Å². The summed E-state index contributed by atoms with van der Waals surface area (Å²) in [6, 6.07) is 16.5. The second kappa shape index (κ2) is 7.90. The Kier molecular flexibility index (Phi) is 5.16. The lowest BCUT2D eigenvalue weighted by Crippen LogP contribution is -2.47. The van der Waals surface area contributed by atoms with Gasteiger partial charge < -0.3 is 19.7 Å². The third-order valence-electron chi connectivity index (χ3n) is 4.72. The monoisotopic (exact) mass is 392 g/mol. The number of benzene rings is 2. The van der Waals surface area contributed by atoms with E-state index in [1.165, 1.54) is 29.6 Å². The number of carbonyl (C=O) groups is 2. The van der Waals surface area contributed by atoms with E-state index in [2.05, 4.69) is 26.9 Å². The first-order valence-electron chi connectivity index (χ1n) is 8.99. The highest BCUT2D eigenvalue weighted by atomic mass is 32.2. The summed E-state index contributed by atoms with van der Waals surface area (Å²) in [6.45, 7) is 3.37. The molecule has 0 unspecified atom stereocenters. The quantitative estimate of drug-likeness (QED) is 0.742. The van der Waals surface area contributed by atoms with Crippen molar-refractivity contribution in [3.05, 3.63) is 70.6 Å². The number of hydrogen-bond acceptors (Lipinski definition) is 6.